The molecule has 0 bridgehead atoms. The maximum absolute atomic E-state index is 8.00. The third-order valence-electron chi connectivity index (χ3n) is 4.31. The van der Waals surface area contributed by atoms with Crippen LogP contribution in [0.2, 0.25) is 0 Å². The SMILES string of the molecule is CC1(C)OB(C(=N)/C=N\NC2CCNCC2)OC1(C)C. The van der Waals surface area contributed by atoms with Crippen LogP contribution >= 0.6 is 0 Å². The van der Waals surface area contributed by atoms with Gasteiger partial charge in [-0.05, 0) is 53.6 Å². The summed E-state index contributed by atoms with van der Waals surface area (Å²) in [5.41, 5.74) is 2.50. The zero-order valence-electron chi connectivity index (χ0n) is 12.8. The second kappa shape index (κ2) is 5.83. The van der Waals surface area contributed by atoms with Crippen molar-refractivity contribution in [3.05, 3.63) is 0 Å². The Morgan fingerprint density at radius 1 is 1.25 bits per heavy atom. The van der Waals surface area contributed by atoms with Gasteiger partial charge in [-0.3, -0.25) is 0 Å². The van der Waals surface area contributed by atoms with Gasteiger partial charge in [-0.1, -0.05) is 0 Å². The molecule has 2 aliphatic rings. The van der Waals surface area contributed by atoms with E-state index in [2.05, 4.69) is 15.8 Å². The molecule has 112 valence electrons. The highest BCUT2D eigenvalue weighted by Gasteiger charge is 2.52. The highest BCUT2D eigenvalue weighted by molar-refractivity contribution is 6.92. The van der Waals surface area contributed by atoms with Crippen LogP contribution in [0.1, 0.15) is 40.5 Å². The van der Waals surface area contributed by atoms with Crippen LogP contribution in [0.3, 0.4) is 0 Å². The van der Waals surface area contributed by atoms with Gasteiger partial charge in [0.05, 0.1) is 23.0 Å². The molecule has 0 unspecified atom stereocenters. The molecule has 0 spiro atoms. The summed E-state index contributed by atoms with van der Waals surface area (Å²) < 4.78 is 11.6. The van der Waals surface area contributed by atoms with Gasteiger partial charge < -0.3 is 25.5 Å². The van der Waals surface area contributed by atoms with E-state index in [1.165, 1.54) is 6.21 Å². The summed E-state index contributed by atoms with van der Waals surface area (Å²) in [6.07, 6.45) is 3.60. The van der Waals surface area contributed by atoms with Crippen molar-refractivity contribution in [1.82, 2.24) is 10.7 Å². The summed E-state index contributed by atoms with van der Waals surface area (Å²) in [7, 11) is -0.640. The van der Waals surface area contributed by atoms with Crippen LogP contribution in [0.5, 0.6) is 0 Å². The molecule has 6 nitrogen and oxygen atoms in total. The Bertz CT molecular complexity index is 376. The lowest BCUT2D eigenvalue weighted by molar-refractivity contribution is 0.00578. The number of hydrogen-bond acceptors (Lipinski definition) is 6. The molecule has 0 aromatic rings. The van der Waals surface area contributed by atoms with Crippen LogP contribution in [0.25, 0.3) is 0 Å². The molecule has 2 aliphatic heterocycles. The molecule has 0 aliphatic carbocycles. The quantitative estimate of drug-likeness (QED) is 0.407. The standard InChI is InChI=1S/C13H25BN4O2/c1-12(2)13(3,4)20-14(19-12)11(15)9-17-18-10-5-7-16-8-6-10/h9-10,15-16,18H,5-8H2,1-4H3/b15-11?,17-9-. The van der Waals surface area contributed by atoms with Crippen LogP contribution in [0.4, 0.5) is 0 Å². The summed E-state index contributed by atoms with van der Waals surface area (Å²) >= 11 is 0. The molecule has 3 N–H and O–H groups in total. The maximum atomic E-state index is 8.00. The van der Waals surface area contributed by atoms with E-state index in [0.717, 1.165) is 25.9 Å². The van der Waals surface area contributed by atoms with E-state index in [-0.39, 0.29) is 5.61 Å². The first kappa shape index (κ1) is 15.5. The van der Waals surface area contributed by atoms with Crippen molar-refractivity contribution in [3.8, 4) is 0 Å². The van der Waals surface area contributed by atoms with Gasteiger partial charge in [0.2, 0.25) is 0 Å². The second-order valence-corrected chi connectivity index (χ2v) is 6.46. The van der Waals surface area contributed by atoms with Crippen LogP contribution in [0, 0.1) is 5.41 Å². The number of hydrogen-bond donors (Lipinski definition) is 3. The summed E-state index contributed by atoms with van der Waals surface area (Å²) in [6, 6.07) is 0.388. The molecule has 7 heteroatoms. The van der Waals surface area contributed by atoms with E-state index >= 15 is 0 Å². The molecule has 2 rings (SSSR count). The summed E-state index contributed by atoms with van der Waals surface area (Å²) in [4.78, 5) is 0. The minimum absolute atomic E-state index is 0.241. The molecule has 0 atom stereocenters. The normalized spacial score (nSPS) is 26.1. The van der Waals surface area contributed by atoms with E-state index < -0.39 is 18.3 Å². The van der Waals surface area contributed by atoms with Crippen molar-refractivity contribution >= 4 is 18.9 Å². The predicted molar refractivity (Wildman–Crippen MR) is 81.3 cm³/mol. The van der Waals surface area contributed by atoms with Crippen molar-refractivity contribution in [1.29, 1.82) is 5.41 Å². The van der Waals surface area contributed by atoms with Crippen LogP contribution in [-0.4, -0.2) is 49.3 Å². The number of piperidine rings is 1. The van der Waals surface area contributed by atoms with Gasteiger partial charge in [0.1, 0.15) is 0 Å². The van der Waals surface area contributed by atoms with Crippen molar-refractivity contribution in [2.45, 2.75) is 57.8 Å². The monoisotopic (exact) mass is 280 g/mol. The Morgan fingerprint density at radius 3 is 2.35 bits per heavy atom. The molecule has 2 saturated heterocycles. The topological polar surface area (TPSA) is 78.7 Å². The molecular formula is C13H25BN4O2. The highest BCUT2D eigenvalue weighted by Crippen LogP contribution is 2.36. The molecule has 2 heterocycles. The predicted octanol–water partition coefficient (Wildman–Crippen LogP) is 0.965. The summed E-state index contributed by atoms with van der Waals surface area (Å²) in [5, 5.41) is 15.5. The van der Waals surface area contributed by atoms with Gasteiger partial charge in [0, 0.05) is 6.04 Å². The zero-order chi connectivity index (χ0) is 14.8. The lowest BCUT2D eigenvalue weighted by atomic mass is 9.83. The minimum Gasteiger partial charge on any atom is -0.398 e. The number of nitrogens with zero attached hydrogens (tertiary/aromatic N) is 1. The van der Waals surface area contributed by atoms with E-state index in [0.29, 0.717) is 6.04 Å². The number of rotatable bonds is 4. The van der Waals surface area contributed by atoms with Gasteiger partial charge in [-0.25, -0.2) is 0 Å². The second-order valence-electron chi connectivity index (χ2n) is 6.46. The highest BCUT2D eigenvalue weighted by atomic mass is 16.7. The van der Waals surface area contributed by atoms with Crippen LogP contribution < -0.4 is 10.7 Å². The van der Waals surface area contributed by atoms with Gasteiger partial charge in [-0.2, -0.15) is 5.10 Å². The van der Waals surface area contributed by atoms with E-state index in [4.69, 9.17) is 14.7 Å². The average molecular weight is 280 g/mol. The van der Waals surface area contributed by atoms with Gasteiger partial charge >= 0.3 is 7.12 Å². The van der Waals surface area contributed by atoms with E-state index in [1.807, 2.05) is 27.7 Å². The molecule has 0 saturated carbocycles. The van der Waals surface area contributed by atoms with Crippen LogP contribution in [0.15, 0.2) is 5.10 Å². The lowest BCUT2D eigenvalue weighted by Gasteiger charge is -2.32. The Kier molecular flexibility index (Phi) is 4.51. The van der Waals surface area contributed by atoms with Crippen molar-refractivity contribution in [3.63, 3.8) is 0 Å². The van der Waals surface area contributed by atoms with E-state index in [9.17, 15) is 0 Å². The number of nitrogens with one attached hydrogen (secondary N) is 3. The maximum Gasteiger partial charge on any atom is 0.515 e. The molecule has 2 fully saturated rings. The Morgan fingerprint density at radius 2 is 1.80 bits per heavy atom. The molecule has 0 aromatic heterocycles. The third kappa shape index (κ3) is 3.39. The lowest BCUT2D eigenvalue weighted by Crippen LogP contribution is -2.41. The Hall–Kier alpha value is -0.915. The summed E-state index contributed by atoms with van der Waals surface area (Å²) in [6.45, 7) is 9.94. The summed E-state index contributed by atoms with van der Waals surface area (Å²) in [5.74, 6) is 0. The Labute approximate surface area is 121 Å². The fourth-order valence-corrected chi connectivity index (χ4v) is 2.19. The van der Waals surface area contributed by atoms with Crippen molar-refractivity contribution in [2.24, 2.45) is 5.10 Å². The first-order valence-corrected chi connectivity index (χ1v) is 7.25. The van der Waals surface area contributed by atoms with Gasteiger partial charge in [0.25, 0.3) is 0 Å². The smallest absolute Gasteiger partial charge is 0.398 e. The molecular weight excluding hydrogens is 255 g/mol. The van der Waals surface area contributed by atoms with Crippen molar-refractivity contribution in [2.75, 3.05) is 13.1 Å². The minimum atomic E-state index is -0.640. The average Bonchev–Trinajstić information content (AvgIpc) is 2.60. The fourth-order valence-electron chi connectivity index (χ4n) is 2.19. The van der Waals surface area contributed by atoms with Crippen molar-refractivity contribution < 1.29 is 9.31 Å². The third-order valence-corrected chi connectivity index (χ3v) is 4.31. The molecule has 20 heavy (non-hydrogen) atoms. The first-order valence-electron chi connectivity index (χ1n) is 7.25. The van der Waals surface area contributed by atoms with E-state index in [1.54, 1.807) is 0 Å². The zero-order valence-corrected chi connectivity index (χ0v) is 12.8. The molecule has 0 aromatic carbocycles. The Balaban J connectivity index is 1.83. The molecule has 0 radical (unpaired) electrons. The fraction of sp³-hybridized carbons (Fsp3) is 0.846. The van der Waals surface area contributed by atoms with Gasteiger partial charge in [0.15, 0.2) is 0 Å². The number of hydrazone groups is 1. The first-order chi connectivity index (χ1) is 9.32. The molecule has 0 amide bonds. The van der Waals surface area contributed by atoms with Gasteiger partial charge in [-0.15, -0.1) is 0 Å². The largest absolute Gasteiger partial charge is 0.515 e. The van der Waals surface area contributed by atoms with Crippen LogP contribution in [-0.2, 0) is 9.31 Å².